The molecule has 2 heterocycles. The van der Waals surface area contributed by atoms with Gasteiger partial charge in [0.2, 0.25) is 0 Å². The first-order chi connectivity index (χ1) is 19.1. The summed E-state index contributed by atoms with van der Waals surface area (Å²) >= 11 is 0. The minimum Gasteiger partial charge on any atom is -0.457 e. The summed E-state index contributed by atoms with van der Waals surface area (Å²) in [7, 11) is 0. The summed E-state index contributed by atoms with van der Waals surface area (Å²) in [6.45, 7) is 10.6. The molecule has 0 unspecified atom stereocenters. The van der Waals surface area contributed by atoms with Crippen LogP contribution in [0, 0.1) is 37.8 Å². The number of amides is 1. The van der Waals surface area contributed by atoms with Crippen LogP contribution in [0.3, 0.4) is 0 Å². The van der Waals surface area contributed by atoms with Crippen LogP contribution in [0.25, 0.3) is 22.2 Å². The summed E-state index contributed by atoms with van der Waals surface area (Å²) in [6, 6.07) is 17.3. The van der Waals surface area contributed by atoms with Gasteiger partial charge >= 0.3 is 0 Å². The molecule has 0 saturated carbocycles. The number of aryl methyl sites for hydroxylation is 3. The highest BCUT2D eigenvalue weighted by atomic mass is 16.6. The number of rotatable bonds is 7. The number of fused-ring (bicyclic) bond motifs is 1. The number of non-ortho nitro benzene ring substituents is 1. The van der Waals surface area contributed by atoms with E-state index >= 15 is 0 Å². The van der Waals surface area contributed by atoms with Gasteiger partial charge in [0.1, 0.15) is 11.5 Å². The third-order valence-electron chi connectivity index (χ3n) is 6.99. The van der Waals surface area contributed by atoms with Crippen LogP contribution in [0.2, 0.25) is 0 Å². The van der Waals surface area contributed by atoms with Crippen LogP contribution >= 0.6 is 0 Å². The van der Waals surface area contributed by atoms with E-state index in [-0.39, 0.29) is 17.1 Å². The number of para-hydroxylation sites is 1. The molecule has 5 aromatic rings. The van der Waals surface area contributed by atoms with Crippen molar-refractivity contribution in [1.82, 2.24) is 14.8 Å². The van der Waals surface area contributed by atoms with Crippen molar-refractivity contribution in [2.24, 2.45) is 0 Å². The Morgan fingerprint density at radius 2 is 1.82 bits per heavy atom. The number of nitro groups is 1. The second-order valence-corrected chi connectivity index (χ2v) is 9.77. The lowest BCUT2D eigenvalue weighted by molar-refractivity contribution is -0.384. The fraction of sp³-hybridized carbons (Fsp3) is 0.194. The van der Waals surface area contributed by atoms with E-state index in [0.29, 0.717) is 34.5 Å². The Hall–Kier alpha value is -5.05. The number of nitro benzene ring substituents is 1. The second kappa shape index (κ2) is 10.6. The highest BCUT2D eigenvalue weighted by Crippen LogP contribution is 2.34. The highest BCUT2D eigenvalue weighted by molar-refractivity contribution is 6.13. The minimum absolute atomic E-state index is 0.197. The highest BCUT2D eigenvalue weighted by Gasteiger charge is 2.19. The molecular formula is C31H29N5O4. The minimum atomic E-state index is -0.509. The third kappa shape index (κ3) is 5.13. The predicted octanol–water partition coefficient (Wildman–Crippen LogP) is 7.30. The van der Waals surface area contributed by atoms with Crippen LogP contribution in [0.1, 0.15) is 39.7 Å². The van der Waals surface area contributed by atoms with Gasteiger partial charge in [0.05, 0.1) is 39.6 Å². The number of carbonyl (C=O) groups excluding carboxylic acids is 1. The fourth-order valence-electron chi connectivity index (χ4n) is 4.77. The van der Waals surface area contributed by atoms with E-state index in [0.717, 1.165) is 27.9 Å². The Kier molecular flexibility index (Phi) is 7.04. The summed E-state index contributed by atoms with van der Waals surface area (Å²) in [5.74, 6) is 0.429. The first kappa shape index (κ1) is 26.6. The van der Waals surface area contributed by atoms with E-state index in [2.05, 4.69) is 10.4 Å². The molecule has 0 radical (unpaired) electrons. The maximum absolute atomic E-state index is 13.7. The molecule has 0 atom stereocenters. The Bertz CT molecular complexity index is 1790. The Morgan fingerprint density at radius 3 is 2.55 bits per heavy atom. The molecule has 0 bridgehead atoms. The van der Waals surface area contributed by atoms with Crippen molar-refractivity contribution in [2.45, 2.75) is 41.2 Å². The van der Waals surface area contributed by atoms with Gasteiger partial charge < -0.3 is 10.1 Å². The molecular weight excluding hydrogens is 506 g/mol. The van der Waals surface area contributed by atoms with Gasteiger partial charge in [0, 0.05) is 35.3 Å². The van der Waals surface area contributed by atoms with Crippen molar-refractivity contribution in [1.29, 1.82) is 0 Å². The molecule has 3 aromatic carbocycles. The standard InChI is InChI=1S/C31H29N5O4/c1-6-35-21(5)27(17-32-35)29-16-26(25-9-7-8-10-28(25)34-29)31(37)33-22-13-23(36(38)39)15-24(14-22)40-30-12-18(2)11-19(3)20(30)4/h7-17H,6H2,1-5H3,(H,33,37). The molecule has 5 rings (SSSR count). The predicted molar refractivity (Wildman–Crippen MR) is 155 cm³/mol. The number of benzene rings is 3. The van der Waals surface area contributed by atoms with Crippen molar-refractivity contribution >= 4 is 28.2 Å². The molecule has 0 aliphatic heterocycles. The van der Waals surface area contributed by atoms with Gasteiger partial charge in [-0.3, -0.25) is 19.6 Å². The number of aromatic nitrogens is 3. The van der Waals surface area contributed by atoms with Crippen LogP contribution in [-0.4, -0.2) is 25.6 Å². The molecule has 1 amide bonds. The lowest BCUT2D eigenvalue weighted by Gasteiger charge is -2.14. The van der Waals surface area contributed by atoms with Gasteiger partial charge in [-0.25, -0.2) is 4.98 Å². The van der Waals surface area contributed by atoms with Crippen molar-refractivity contribution < 1.29 is 14.5 Å². The number of carbonyl (C=O) groups is 1. The smallest absolute Gasteiger partial charge is 0.275 e. The third-order valence-corrected chi connectivity index (χ3v) is 6.99. The Labute approximate surface area is 231 Å². The second-order valence-electron chi connectivity index (χ2n) is 9.77. The molecule has 0 aliphatic carbocycles. The van der Waals surface area contributed by atoms with Crippen molar-refractivity contribution in [3.05, 3.63) is 105 Å². The first-order valence-electron chi connectivity index (χ1n) is 12.9. The lowest BCUT2D eigenvalue weighted by atomic mass is 10.0. The first-order valence-corrected chi connectivity index (χ1v) is 12.9. The van der Waals surface area contributed by atoms with Gasteiger partial charge in [-0.15, -0.1) is 0 Å². The SMILES string of the molecule is CCn1ncc(-c2cc(C(=O)Nc3cc(Oc4cc(C)cc(C)c4C)cc([N+](=O)[O-])c3)c3ccccc3n2)c1C. The molecule has 1 N–H and O–H groups in total. The normalized spacial score (nSPS) is 11.0. The number of pyridine rings is 1. The Balaban J connectivity index is 1.54. The topological polar surface area (TPSA) is 112 Å². The zero-order valence-electron chi connectivity index (χ0n) is 23.0. The molecule has 0 saturated heterocycles. The number of hydrogen-bond donors (Lipinski definition) is 1. The monoisotopic (exact) mass is 535 g/mol. The van der Waals surface area contributed by atoms with Crippen LogP contribution in [0.15, 0.2) is 66.9 Å². The van der Waals surface area contributed by atoms with E-state index in [1.54, 1.807) is 18.3 Å². The van der Waals surface area contributed by atoms with Crippen LogP contribution in [-0.2, 0) is 6.54 Å². The van der Waals surface area contributed by atoms with Crippen LogP contribution in [0.5, 0.6) is 11.5 Å². The molecule has 9 nitrogen and oxygen atoms in total. The van der Waals surface area contributed by atoms with Crippen molar-refractivity contribution in [3.63, 3.8) is 0 Å². The summed E-state index contributed by atoms with van der Waals surface area (Å²) < 4.78 is 7.96. The zero-order valence-corrected chi connectivity index (χ0v) is 23.0. The molecule has 40 heavy (non-hydrogen) atoms. The zero-order chi connectivity index (χ0) is 28.6. The Morgan fingerprint density at radius 1 is 1.05 bits per heavy atom. The largest absolute Gasteiger partial charge is 0.457 e. The van der Waals surface area contributed by atoms with Crippen molar-refractivity contribution in [2.75, 3.05) is 5.32 Å². The van der Waals surface area contributed by atoms with Gasteiger partial charge in [-0.05, 0) is 69.5 Å². The van der Waals surface area contributed by atoms with E-state index in [1.165, 1.54) is 12.1 Å². The number of hydrogen-bond acceptors (Lipinski definition) is 6. The number of anilines is 1. The molecule has 202 valence electrons. The van der Waals surface area contributed by atoms with E-state index in [9.17, 15) is 14.9 Å². The molecule has 0 aliphatic rings. The number of nitrogens with one attached hydrogen (secondary N) is 1. The summed E-state index contributed by atoms with van der Waals surface area (Å²) in [5.41, 5.74) is 6.48. The molecule has 9 heteroatoms. The van der Waals surface area contributed by atoms with E-state index in [1.807, 2.05) is 75.7 Å². The molecule has 0 fully saturated rings. The van der Waals surface area contributed by atoms with E-state index in [4.69, 9.17) is 9.72 Å². The number of ether oxygens (including phenoxy) is 1. The van der Waals surface area contributed by atoms with Crippen LogP contribution < -0.4 is 10.1 Å². The van der Waals surface area contributed by atoms with Gasteiger partial charge in [0.25, 0.3) is 11.6 Å². The number of nitrogens with zero attached hydrogens (tertiary/aromatic N) is 4. The summed E-state index contributed by atoms with van der Waals surface area (Å²) in [5, 5.41) is 19.7. The van der Waals surface area contributed by atoms with Gasteiger partial charge in [0.15, 0.2) is 0 Å². The average Bonchev–Trinajstić information content (AvgIpc) is 3.30. The van der Waals surface area contributed by atoms with E-state index < -0.39 is 10.8 Å². The lowest BCUT2D eigenvalue weighted by Crippen LogP contribution is -2.13. The summed E-state index contributed by atoms with van der Waals surface area (Å²) in [4.78, 5) is 29.7. The average molecular weight is 536 g/mol. The maximum atomic E-state index is 13.7. The molecule has 0 spiro atoms. The van der Waals surface area contributed by atoms with Gasteiger partial charge in [-0.2, -0.15) is 5.10 Å². The van der Waals surface area contributed by atoms with Gasteiger partial charge in [-0.1, -0.05) is 24.3 Å². The van der Waals surface area contributed by atoms with Crippen molar-refractivity contribution in [3.8, 4) is 22.8 Å². The summed E-state index contributed by atoms with van der Waals surface area (Å²) in [6.07, 6.45) is 1.75. The molecule has 2 aromatic heterocycles. The van der Waals surface area contributed by atoms with Crippen LogP contribution in [0.4, 0.5) is 11.4 Å². The fourth-order valence-corrected chi connectivity index (χ4v) is 4.77. The maximum Gasteiger partial charge on any atom is 0.275 e. The quantitative estimate of drug-likeness (QED) is 0.173.